The zero-order chi connectivity index (χ0) is 15.5. The quantitative estimate of drug-likeness (QED) is 0.798. The highest BCUT2D eigenvalue weighted by Crippen LogP contribution is 2.43. The van der Waals surface area contributed by atoms with Crippen LogP contribution in [0.5, 0.6) is 0 Å². The van der Waals surface area contributed by atoms with Gasteiger partial charge in [0.15, 0.2) is 0 Å². The lowest BCUT2D eigenvalue weighted by atomic mass is 9.64. The van der Waals surface area contributed by atoms with Gasteiger partial charge in [0.05, 0.1) is 6.10 Å². The minimum Gasteiger partial charge on any atom is -0.378 e. The Morgan fingerprint density at radius 1 is 1.24 bits per heavy atom. The first-order valence-electron chi connectivity index (χ1n) is 8.45. The summed E-state index contributed by atoms with van der Waals surface area (Å²) in [6.45, 7) is 12.0. The summed E-state index contributed by atoms with van der Waals surface area (Å²) in [7, 11) is 0. The Kier molecular flexibility index (Phi) is 5.45. The number of nitrogens with one attached hydrogen (secondary N) is 1. The summed E-state index contributed by atoms with van der Waals surface area (Å²) in [5, 5.41) is 3.78. The molecule has 0 amide bonds. The van der Waals surface area contributed by atoms with E-state index in [2.05, 4.69) is 64.2 Å². The summed E-state index contributed by atoms with van der Waals surface area (Å²) in [5.41, 5.74) is 3.05. The highest BCUT2D eigenvalue weighted by atomic mass is 16.5. The van der Waals surface area contributed by atoms with Crippen LogP contribution in [0.3, 0.4) is 0 Å². The Labute approximate surface area is 130 Å². The molecule has 0 saturated heterocycles. The fourth-order valence-corrected chi connectivity index (χ4v) is 3.31. The monoisotopic (exact) mass is 289 g/mol. The van der Waals surface area contributed by atoms with E-state index >= 15 is 0 Å². The minimum atomic E-state index is 0.229. The number of rotatable bonds is 7. The van der Waals surface area contributed by atoms with Crippen LogP contribution in [0, 0.1) is 5.41 Å². The van der Waals surface area contributed by atoms with E-state index in [-0.39, 0.29) is 5.41 Å². The van der Waals surface area contributed by atoms with Crippen LogP contribution < -0.4 is 5.32 Å². The molecule has 0 radical (unpaired) electrons. The van der Waals surface area contributed by atoms with Gasteiger partial charge in [0.2, 0.25) is 0 Å². The molecule has 3 atom stereocenters. The maximum Gasteiger partial charge on any atom is 0.0655 e. The van der Waals surface area contributed by atoms with Crippen molar-refractivity contribution in [2.75, 3.05) is 6.61 Å². The highest BCUT2D eigenvalue weighted by Gasteiger charge is 2.49. The van der Waals surface area contributed by atoms with Crippen LogP contribution in [-0.2, 0) is 11.2 Å². The summed E-state index contributed by atoms with van der Waals surface area (Å²) in [4.78, 5) is 0. The molecule has 1 aromatic carbocycles. The van der Waals surface area contributed by atoms with Crippen LogP contribution in [0.4, 0.5) is 0 Å². The Hall–Kier alpha value is -0.860. The zero-order valence-corrected chi connectivity index (χ0v) is 14.3. The molecule has 2 rings (SSSR count). The lowest BCUT2D eigenvalue weighted by Crippen LogP contribution is -2.61. The van der Waals surface area contributed by atoms with Gasteiger partial charge in [0.1, 0.15) is 0 Å². The van der Waals surface area contributed by atoms with E-state index in [0.29, 0.717) is 18.2 Å². The molecule has 1 saturated carbocycles. The van der Waals surface area contributed by atoms with Gasteiger partial charge in [-0.2, -0.15) is 0 Å². The second-order valence-corrected chi connectivity index (χ2v) is 6.93. The summed E-state index contributed by atoms with van der Waals surface area (Å²) in [6, 6.07) is 10.0. The van der Waals surface area contributed by atoms with Gasteiger partial charge in [-0.3, -0.25) is 0 Å². The van der Waals surface area contributed by atoms with E-state index in [1.165, 1.54) is 24.0 Å². The van der Waals surface area contributed by atoms with E-state index in [9.17, 15) is 0 Å². The second-order valence-electron chi connectivity index (χ2n) is 6.93. The van der Waals surface area contributed by atoms with Crippen molar-refractivity contribution >= 4 is 0 Å². The van der Waals surface area contributed by atoms with Crippen molar-refractivity contribution in [2.45, 2.75) is 72.1 Å². The lowest BCUT2D eigenvalue weighted by molar-refractivity contribution is -0.116. The molecule has 0 aliphatic heterocycles. The average molecular weight is 289 g/mol. The molecule has 0 aromatic heterocycles. The molecule has 2 heteroatoms. The summed E-state index contributed by atoms with van der Waals surface area (Å²) < 4.78 is 5.81. The third-order valence-electron chi connectivity index (χ3n) is 5.02. The highest BCUT2D eigenvalue weighted by molar-refractivity contribution is 5.25. The predicted octanol–water partition coefficient (Wildman–Crippen LogP) is 4.49. The smallest absolute Gasteiger partial charge is 0.0655 e. The maximum atomic E-state index is 5.81. The summed E-state index contributed by atoms with van der Waals surface area (Å²) in [5.74, 6) is 0. The molecule has 21 heavy (non-hydrogen) atoms. The molecule has 0 bridgehead atoms. The Morgan fingerprint density at radius 2 is 1.90 bits per heavy atom. The first-order chi connectivity index (χ1) is 9.98. The number of aryl methyl sites for hydroxylation is 1. The van der Waals surface area contributed by atoms with Crippen LogP contribution in [0.25, 0.3) is 0 Å². The molecule has 0 spiro atoms. The normalized spacial score (nSPS) is 25.4. The molecular formula is C19H31NO. The van der Waals surface area contributed by atoms with Crippen molar-refractivity contribution in [2.24, 2.45) is 5.41 Å². The molecule has 1 aromatic rings. The van der Waals surface area contributed by atoms with Crippen molar-refractivity contribution < 1.29 is 4.74 Å². The van der Waals surface area contributed by atoms with Gasteiger partial charge in [-0.25, -0.2) is 0 Å². The summed E-state index contributed by atoms with van der Waals surface area (Å²) >= 11 is 0. The number of benzene rings is 1. The van der Waals surface area contributed by atoms with E-state index in [0.717, 1.165) is 13.0 Å². The standard InChI is InChI=1S/C19H31NO/c1-6-8-15-9-11-16(12-10-15)14(3)20-17-13-18(21-7-2)19(17,4)5/h9-12,14,17-18,20H,6-8,13H2,1-5H3. The van der Waals surface area contributed by atoms with Crippen molar-refractivity contribution in [3.63, 3.8) is 0 Å². The van der Waals surface area contributed by atoms with Gasteiger partial charge in [-0.1, -0.05) is 51.5 Å². The van der Waals surface area contributed by atoms with Gasteiger partial charge in [0.25, 0.3) is 0 Å². The van der Waals surface area contributed by atoms with E-state index in [4.69, 9.17) is 4.74 Å². The molecule has 2 nitrogen and oxygen atoms in total. The molecule has 1 aliphatic rings. The third kappa shape index (κ3) is 3.67. The second kappa shape index (κ2) is 6.93. The topological polar surface area (TPSA) is 21.3 Å². The number of hydrogen-bond acceptors (Lipinski definition) is 2. The Morgan fingerprint density at radius 3 is 2.43 bits per heavy atom. The van der Waals surface area contributed by atoms with Crippen molar-refractivity contribution in [3.8, 4) is 0 Å². The molecule has 0 heterocycles. The van der Waals surface area contributed by atoms with Crippen LogP contribution >= 0.6 is 0 Å². The fraction of sp³-hybridized carbons (Fsp3) is 0.684. The van der Waals surface area contributed by atoms with Gasteiger partial charge >= 0.3 is 0 Å². The molecule has 1 N–H and O–H groups in total. The zero-order valence-electron chi connectivity index (χ0n) is 14.3. The maximum absolute atomic E-state index is 5.81. The molecule has 1 fully saturated rings. The third-order valence-corrected chi connectivity index (χ3v) is 5.02. The van der Waals surface area contributed by atoms with Gasteiger partial charge in [0, 0.05) is 24.1 Å². The SMILES string of the molecule is CCCc1ccc(C(C)NC2CC(OCC)C2(C)C)cc1. The Bertz CT molecular complexity index is 437. The largest absolute Gasteiger partial charge is 0.378 e. The molecule has 3 unspecified atom stereocenters. The Balaban J connectivity index is 1.91. The van der Waals surface area contributed by atoms with Gasteiger partial charge in [-0.15, -0.1) is 0 Å². The van der Waals surface area contributed by atoms with Gasteiger partial charge < -0.3 is 10.1 Å². The number of ether oxygens (including phenoxy) is 1. The van der Waals surface area contributed by atoms with Crippen molar-refractivity contribution in [3.05, 3.63) is 35.4 Å². The molecular weight excluding hydrogens is 258 g/mol. The van der Waals surface area contributed by atoms with Gasteiger partial charge in [-0.05, 0) is 37.8 Å². The predicted molar refractivity (Wildman–Crippen MR) is 89.6 cm³/mol. The van der Waals surface area contributed by atoms with Crippen molar-refractivity contribution in [1.29, 1.82) is 0 Å². The summed E-state index contributed by atoms with van der Waals surface area (Å²) in [6.07, 6.45) is 3.91. The molecule has 1 aliphatic carbocycles. The van der Waals surface area contributed by atoms with Crippen LogP contribution in [0.15, 0.2) is 24.3 Å². The van der Waals surface area contributed by atoms with Crippen LogP contribution in [-0.4, -0.2) is 18.8 Å². The van der Waals surface area contributed by atoms with E-state index < -0.39 is 0 Å². The van der Waals surface area contributed by atoms with Crippen molar-refractivity contribution in [1.82, 2.24) is 5.32 Å². The minimum absolute atomic E-state index is 0.229. The number of hydrogen-bond donors (Lipinski definition) is 1. The fourth-order valence-electron chi connectivity index (χ4n) is 3.31. The van der Waals surface area contributed by atoms with Crippen LogP contribution in [0.2, 0.25) is 0 Å². The first-order valence-corrected chi connectivity index (χ1v) is 8.45. The molecule has 118 valence electrons. The van der Waals surface area contributed by atoms with E-state index in [1.807, 2.05) is 0 Å². The lowest BCUT2D eigenvalue weighted by Gasteiger charge is -2.52. The van der Waals surface area contributed by atoms with E-state index in [1.54, 1.807) is 0 Å². The first kappa shape index (κ1) is 16.5. The average Bonchev–Trinajstić information content (AvgIpc) is 2.47. The van der Waals surface area contributed by atoms with Crippen LogP contribution in [0.1, 0.15) is 64.6 Å².